The van der Waals surface area contributed by atoms with Crippen molar-refractivity contribution >= 4 is 0 Å². The normalized spacial score (nSPS) is 14.4. The van der Waals surface area contributed by atoms with Gasteiger partial charge in [0.2, 0.25) is 0 Å². The first kappa shape index (κ1) is 13.9. The van der Waals surface area contributed by atoms with Gasteiger partial charge in [0.05, 0.1) is 13.7 Å². The summed E-state index contributed by atoms with van der Waals surface area (Å²) in [5.41, 5.74) is 0.815. The predicted molar refractivity (Wildman–Crippen MR) is 65.8 cm³/mol. The van der Waals surface area contributed by atoms with Crippen LogP contribution >= 0.6 is 0 Å². The fraction of sp³-hybridized carbons (Fsp3) is 0.538. The van der Waals surface area contributed by atoms with Gasteiger partial charge < -0.3 is 14.8 Å². The molecule has 0 fully saturated rings. The van der Waals surface area contributed by atoms with E-state index in [9.17, 15) is 4.39 Å². The highest BCUT2D eigenvalue weighted by Crippen LogP contribution is 2.25. The van der Waals surface area contributed by atoms with E-state index in [0.29, 0.717) is 12.4 Å². The van der Waals surface area contributed by atoms with Crippen molar-refractivity contribution in [3.8, 4) is 5.75 Å². The third kappa shape index (κ3) is 3.98. The lowest BCUT2D eigenvalue weighted by atomic mass is 10.1. The smallest absolute Gasteiger partial charge is 0.123 e. The number of hydrogen-bond acceptors (Lipinski definition) is 3. The molecule has 0 amide bonds. The monoisotopic (exact) mass is 241 g/mol. The lowest BCUT2D eigenvalue weighted by Gasteiger charge is -2.21. The Labute approximate surface area is 102 Å². The summed E-state index contributed by atoms with van der Waals surface area (Å²) in [4.78, 5) is 0. The van der Waals surface area contributed by atoms with Crippen LogP contribution in [0.15, 0.2) is 18.2 Å². The molecule has 0 saturated carbocycles. The van der Waals surface area contributed by atoms with Crippen LogP contribution in [0.4, 0.5) is 4.39 Å². The number of hydrogen-bond donors (Lipinski definition) is 1. The van der Waals surface area contributed by atoms with Crippen LogP contribution in [0.3, 0.4) is 0 Å². The third-order valence-corrected chi connectivity index (χ3v) is 2.61. The first-order valence-corrected chi connectivity index (χ1v) is 5.67. The minimum atomic E-state index is -0.256. The second-order valence-electron chi connectivity index (χ2n) is 4.13. The molecule has 0 bridgehead atoms. The van der Waals surface area contributed by atoms with Crippen LogP contribution < -0.4 is 10.1 Å². The number of benzene rings is 1. The van der Waals surface area contributed by atoms with Crippen molar-refractivity contribution in [3.05, 3.63) is 29.6 Å². The second-order valence-corrected chi connectivity index (χ2v) is 4.13. The molecule has 0 aliphatic carbocycles. The molecule has 0 radical (unpaired) electrons. The maximum atomic E-state index is 13.2. The van der Waals surface area contributed by atoms with E-state index in [0.717, 1.165) is 5.56 Å². The van der Waals surface area contributed by atoms with Crippen LogP contribution in [0.5, 0.6) is 5.75 Å². The molecule has 0 aromatic heterocycles. The molecular weight excluding hydrogens is 221 g/mol. The van der Waals surface area contributed by atoms with Gasteiger partial charge in [-0.3, -0.25) is 0 Å². The van der Waals surface area contributed by atoms with Crippen LogP contribution in [0, 0.1) is 5.82 Å². The molecule has 96 valence electrons. The van der Waals surface area contributed by atoms with Gasteiger partial charge in [-0.05, 0) is 32.0 Å². The first-order chi connectivity index (χ1) is 8.08. The number of rotatable bonds is 6. The van der Waals surface area contributed by atoms with Gasteiger partial charge in [-0.25, -0.2) is 4.39 Å². The van der Waals surface area contributed by atoms with E-state index in [2.05, 4.69) is 5.32 Å². The minimum Gasteiger partial charge on any atom is -0.496 e. The highest BCUT2D eigenvalue weighted by molar-refractivity contribution is 5.36. The molecule has 0 aliphatic rings. The molecular formula is C13H20FNO2. The Kier molecular flexibility index (Phi) is 5.38. The van der Waals surface area contributed by atoms with Crippen molar-refractivity contribution in [1.82, 2.24) is 5.32 Å². The summed E-state index contributed by atoms with van der Waals surface area (Å²) in [6.45, 7) is 4.61. The molecule has 0 spiro atoms. The zero-order chi connectivity index (χ0) is 12.8. The average Bonchev–Trinajstić information content (AvgIpc) is 2.29. The molecule has 1 N–H and O–H groups in total. The molecule has 1 aromatic rings. The summed E-state index contributed by atoms with van der Waals surface area (Å²) in [6, 6.07) is 4.74. The van der Waals surface area contributed by atoms with E-state index in [1.807, 2.05) is 13.8 Å². The average molecular weight is 241 g/mol. The lowest BCUT2D eigenvalue weighted by Crippen LogP contribution is -2.32. The van der Waals surface area contributed by atoms with Crippen molar-refractivity contribution in [1.29, 1.82) is 0 Å². The van der Waals surface area contributed by atoms with Crippen LogP contribution in [0.2, 0.25) is 0 Å². The zero-order valence-corrected chi connectivity index (χ0v) is 10.8. The van der Waals surface area contributed by atoms with Crippen LogP contribution in [0.25, 0.3) is 0 Å². The van der Waals surface area contributed by atoms with Gasteiger partial charge in [0.15, 0.2) is 0 Å². The van der Waals surface area contributed by atoms with Gasteiger partial charge >= 0.3 is 0 Å². The molecule has 0 saturated heterocycles. The number of halogens is 1. The quantitative estimate of drug-likeness (QED) is 0.830. The maximum Gasteiger partial charge on any atom is 0.123 e. The molecule has 4 heteroatoms. The van der Waals surface area contributed by atoms with Crippen LogP contribution in [-0.4, -0.2) is 26.9 Å². The SMILES string of the molecule is COCC(C)NC(C)c1cc(F)ccc1OC. The Bertz CT molecular complexity index is 357. The summed E-state index contributed by atoms with van der Waals surface area (Å²) in [7, 11) is 3.24. The Balaban J connectivity index is 2.79. The van der Waals surface area contributed by atoms with Crippen molar-refractivity contribution in [3.63, 3.8) is 0 Å². The third-order valence-electron chi connectivity index (χ3n) is 2.61. The summed E-state index contributed by atoms with van der Waals surface area (Å²) in [6.07, 6.45) is 0. The Hall–Kier alpha value is -1.13. The van der Waals surface area contributed by atoms with E-state index in [4.69, 9.17) is 9.47 Å². The van der Waals surface area contributed by atoms with Gasteiger partial charge in [-0.2, -0.15) is 0 Å². The largest absolute Gasteiger partial charge is 0.496 e. The standard InChI is InChI=1S/C13H20FNO2/c1-9(8-16-3)15-10(2)12-7-11(14)5-6-13(12)17-4/h5-7,9-10,15H,8H2,1-4H3. The van der Waals surface area contributed by atoms with Crippen LogP contribution in [-0.2, 0) is 4.74 Å². The summed E-state index contributed by atoms with van der Waals surface area (Å²) >= 11 is 0. The summed E-state index contributed by atoms with van der Waals surface area (Å²) in [5.74, 6) is 0.435. The molecule has 1 rings (SSSR count). The van der Waals surface area contributed by atoms with Crippen LogP contribution in [0.1, 0.15) is 25.5 Å². The van der Waals surface area contributed by atoms with E-state index >= 15 is 0 Å². The summed E-state index contributed by atoms with van der Waals surface area (Å²) in [5, 5.41) is 3.33. The van der Waals surface area contributed by atoms with Gasteiger partial charge in [-0.1, -0.05) is 0 Å². The van der Waals surface area contributed by atoms with Crippen molar-refractivity contribution in [2.24, 2.45) is 0 Å². The van der Waals surface area contributed by atoms with Gasteiger partial charge in [0.1, 0.15) is 11.6 Å². The lowest BCUT2D eigenvalue weighted by molar-refractivity contribution is 0.167. The Morgan fingerprint density at radius 2 is 2.00 bits per heavy atom. The van der Waals surface area contributed by atoms with Crippen molar-refractivity contribution < 1.29 is 13.9 Å². The maximum absolute atomic E-state index is 13.2. The Morgan fingerprint density at radius 1 is 1.29 bits per heavy atom. The predicted octanol–water partition coefficient (Wildman–Crippen LogP) is 2.52. The second kappa shape index (κ2) is 6.57. The van der Waals surface area contributed by atoms with Gasteiger partial charge in [0.25, 0.3) is 0 Å². The molecule has 2 unspecified atom stereocenters. The van der Waals surface area contributed by atoms with Gasteiger partial charge in [-0.15, -0.1) is 0 Å². The minimum absolute atomic E-state index is 0.00537. The molecule has 1 aromatic carbocycles. The molecule has 0 heterocycles. The number of nitrogens with one attached hydrogen (secondary N) is 1. The first-order valence-electron chi connectivity index (χ1n) is 5.67. The van der Waals surface area contributed by atoms with E-state index < -0.39 is 0 Å². The molecule has 0 aliphatic heterocycles. The molecule has 2 atom stereocenters. The highest BCUT2D eigenvalue weighted by Gasteiger charge is 2.14. The fourth-order valence-corrected chi connectivity index (χ4v) is 1.86. The highest BCUT2D eigenvalue weighted by atomic mass is 19.1. The van der Waals surface area contributed by atoms with Crippen molar-refractivity contribution in [2.75, 3.05) is 20.8 Å². The van der Waals surface area contributed by atoms with E-state index in [1.165, 1.54) is 12.1 Å². The van der Waals surface area contributed by atoms with E-state index in [-0.39, 0.29) is 17.9 Å². The summed E-state index contributed by atoms with van der Waals surface area (Å²) < 4.78 is 23.5. The van der Waals surface area contributed by atoms with Crippen molar-refractivity contribution in [2.45, 2.75) is 25.9 Å². The van der Waals surface area contributed by atoms with Gasteiger partial charge in [0, 0.05) is 24.8 Å². The number of methoxy groups -OCH3 is 2. The van der Waals surface area contributed by atoms with E-state index in [1.54, 1.807) is 20.3 Å². The fourth-order valence-electron chi connectivity index (χ4n) is 1.86. The number of ether oxygens (including phenoxy) is 2. The molecule has 3 nitrogen and oxygen atoms in total. The topological polar surface area (TPSA) is 30.5 Å². The zero-order valence-electron chi connectivity index (χ0n) is 10.8. The molecule has 17 heavy (non-hydrogen) atoms. The Morgan fingerprint density at radius 3 is 2.59 bits per heavy atom.